The Hall–Kier alpha value is -1.82. The van der Waals surface area contributed by atoms with Gasteiger partial charge in [0.05, 0.1) is 16.7 Å². The van der Waals surface area contributed by atoms with Crippen LogP contribution in [0.15, 0.2) is 36.5 Å². The molecule has 3 rings (SSSR count). The molecule has 1 aliphatic rings. The lowest BCUT2D eigenvalue weighted by atomic mass is 10.1. The summed E-state index contributed by atoms with van der Waals surface area (Å²) >= 11 is 12.1. The van der Waals surface area contributed by atoms with E-state index in [1.54, 1.807) is 30.3 Å². The van der Waals surface area contributed by atoms with Gasteiger partial charge in [-0.05, 0) is 43.0 Å². The Kier molecular flexibility index (Phi) is 6.35. The molecule has 1 aromatic heterocycles. The molecule has 1 unspecified atom stereocenters. The molecule has 7 heteroatoms. The average Bonchev–Trinajstić information content (AvgIpc) is 2.67. The molecule has 138 valence electrons. The number of nitrogens with zero attached hydrogens (tertiary/aromatic N) is 2. The van der Waals surface area contributed by atoms with Crippen LogP contribution < -0.4 is 5.32 Å². The monoisotopic (exact) mass is 393 g/mol. The number of nitrogens with one attached hydrogen (secondary N) is 1. The summed E-state index contributed by atoms with van der Waals surface area (Å²) < 4.78 is 0. The molecule has 26 heavy (non-hydrogen) atoms. The van der Waals surface area contributed by atoms with E-state index in [2.05, 4.69) is 10.3 Å². The van der Waals surface area contributed by atoms with Crippen molar-refractivity contribution >= 4 is 34.9 Å². The zero-order chi connectivity index (χ0) is 18.5. The fourth-order valence-electron chi connectivity index (χ4n) is 2.96. The lowest BCUT2D eigenvalue weighted by Crippen LogP contribution is -2.35. The summed E-state index contributed by atoms with van der Waals surface area (Å²) in [6.45, 7) is 1.81. The number of aliphatic hydroxyl groups excluding tert-OH is 1. The number of carbonyl (C=O) groups is 1. The first-order chi connectivity index (χ1) is 12.5. The van der Waals surface area contributed by atoms with Crippen molar-refractivity contribution < 1.29 is 9.90 Å². The third kappa shape index (κ3) is 4.67. The topological polar surface area (TPSA) is 65.5 Å². The molecule has 0 radical (unpaired) electrons. The van der Waals surface area contributed by atoms with Gasteiger partial charge in [0.2, 0.25) is 0 Å². The highest BCUT2D eigenvalue weighted by Gasteiger charge is 2.19. The van der Waals surface area contributed by atoms with Crippen LogP contribution in [0.2, 0.25) is 10.0 Å². The van der Waals surface area contributed by atoms with Gasteiger partial charge in [-0.1, -0.05) is 35.3 Å². The number of halogens is 2. The second kappa shape index (κ2) is 8.71. The molecule has 1 fully saturated rings. The molecule has 0 saturated carbocycles. The van der Waals surface area contributed by atoms with E-state index >= 15 is 0 Å². The fourth-order valence-corrected chi connectivity index (χ4v) is 3.32. The molecule has 1 atom stereocenters. The molecule has 0 aliphatic carbocycles. The minimum absolute atomic E-state index is 0.0353. The first kappa shape index (κ1) is 19.0. The Morgan fingerprint density at radius 2 is 1.88 bits per heavy atom. The molecule has 2 heterocycles. The van der Waals surface area contributed by atoms with Crippen LogP contribution in [0.3, 0.4) is 0 Å². The number of benzene rings is 1. The van der Waals surface area contributed by atoms with Crippen LogP contribution in [0.4, 0.5) is 5.82 Å². The zero-order valence-corrected chi connectivity index (χ0v) is 15.8. The van der Waals surface area contributed by atoms with Crippen molar-refractivity contribution in [1.29, 1.82) is 0 Å². The van der Waals surface area contributed by atoms with Crippen LogP contribution in [-0.4, -0.2) is 40.5 Å². The standard InChI is InChI=1S/C19H21Cl2N3O2/c20-15-6-4-13(5-7-15)17(25)12-23-18-16(21)10-14(11-22-18)19(26)24-8-2-1-3-9-24/h4-7,10-11,17,25H,1-3,8-9,12H2,(H,22,23). The molecule has 0 bridgehead atoms. The third-order valence-electron chi connectivity index (χ3n) is 4.45. The van der Waals surface area contributed by atoms with Gasteiger partial charge in [-0.3, -0.25) is 4.79 Å². The first-order valence-corrected chi connectivity index (χ1v) is 9.42. The van der Waals surface area contributed by atoms with Crippen molar-refractivity contribution in [1.82, 2.24) is 9.88 Å². The summed E-state index contributed by atoms with van der Waals surface area (Å²) in [7, 11) is 0. The number of hydrogen-bond acceptors (Lipinski definition) is 4. The lowest BCUT2D eigenvalue weighted by molar-refractivity contribution is 0.0724. The van der Waals surface area contributed by atoms with Gasteiger partial charge in [0.15, 0.2) is 0 Å². The maximum atomic E-state index is 12.5. The summed E-state index contributed by atoms with van der Waals surface area (Å²) in [5.74, 6) is 0.404. The van der Waals surface area contributed by atoms with Gasteiger partial charge >= 0.3 is 0 Å². The van der Waals surface area contributed by atoms with Crippen LogP contribution in [0.5, 0.6) is 0 Å². The fraction of sp³-hybridized carbons (Fsp3) is 0.368. The van der Waals surface area contributed by atoms with Gasteiger partial charge in [0, 0.05) is 30.9 Å². The first-order valence-electron chi connectivity index (χ1n) is 8.67. The van der Waals surface area contributed by atoms with E-state index in [1.807, 2.05) is 4.90 Å². The second-order valence-corrected chi connectivity index (χ2v) is 7.20. The number of amides is 1. The quantitative estimate of drug-likeness (QED) is 0.799. The maximum Gasteiger partial charge on any atom is 0.255 e. The highest BCUT2D eigenvalue weighted by molar-refractivity contribution is 6.33. The largest absolute Gasteiger partial charge is 0.387 e. The minimum atomic E-state index is -0.722. The number of anilines is 1. The third-order valence-corrected chi connectivity index (χ3v) is 4.99. The van der Waals surface area contributed by atoms with E-state index in [9.17, 15) is 9.90 Å². The van der Waals surface area contributed by atoms with Gasteiger partial charge in [-0.25, -0.2) is 4.98 Å². The average molecular weight is 394 g/mol. The van der Waals surface area contributed by atoms with E-state index in [0.29, 0.717) is 21.4 Å². The van der Waals surface area contributed by atoms with Crippen molar-refractivity contribution in [3.63, 3.8) is 0 Å². The molecule has 1 aromatic carbocycles. The highest BCUT2D eigenvalue weighted by atomic mass is 35.5. The predicted molar refractivity (Wildman–Crippen MR) is 104 cm³/mol. The van der Waals surface area contributed by atoms with Crippen LogP contribution in [0.25, 0.3) is 0 Å². The number of aliphatic hydroxyl groups is 1. The van der Waals surface area contributed by atoms with Crippen LogP contribution in [0.1, 0.15) is 41.3 Å². The van der Waals surface area contributed by atoms with Gasteiger partial charge in [-0.2, -0.15) is 0 Å². The second-order valence-electron chi connectivity index (χ2n) is 6.36. The molecule has 1 aliphatic heterocycles. The maximum absolute atomic E-state index is 12.5. The molecule has 1 saturated heterocycles. The number of aromatic nitrogens is 1. The summed E-state index contributed by atoms with van der Waals surface area (Å²) in [5, 5.41) is 14.2. The minimum Gasteiger partial charge on any atom is -0.387 e. The number of rotatable bonds is 5. The Morgan fingerprint density at radius 3 is 2.54 bits per heavy atom. The number of hydrogen-bond donors (Lipinski definition) is 2. The Morgan fingerprint density at radius 1 is 1.19 bits per heavy atom. The van der Waals surface area contributed by atoms with Gasteiger partial charge in [-0.15, -0.1) is 0 Å². The van der Waals surface area contributed by atoms with Gasteiger partial charge in [0.25, 0.3) is 5.91 Å². The van der Waals surface area contributed by atoms with Crippen molar-refractivity contribution in [2.45, 2.75) is 25.4 Å². The molecule has 2 N–H and O–H groups in total. The van der Waals surface area contributed by atoms with Gasteiger partial charge < -0.3 is 15.3 Å². The SMILES string of the molecule is O=C(c1cnc(NCC(O)c2ccc(Cl)cc2)c(Cl)c1)N1CCCCC1. The van der Waals surface area contributed by atoms with E-state index in [-0.39, 0.29) is 12.5 Å². The molecular formula is C19H21Cl2N3O2. The summed E-state index contributed by atoms with van der Waals surface area (Å²) in [5.41, 5.74) is 1.23. The van der Waals surface area contributed by atoms with Crippen LogP contribution in [0, 0.1) is 0 Å². The highest BCUT2D eigenvalue weighted by Crippen LogP contribution is 2.23. The Bertz CT molecular complexity index is 762. The van der Waals surface area contributed by atoms with Crippen molar-refractivity contribution in [2.24, 2.45) is 0 Å². The summed E-state index contributed by atoms with van der Waals surface area (Å²) in [6.07, 6.45) is 4.05. The molecular weight excluding hydrogens is 373 g/mol. The van der Waals surface area contributed by atoms with Crippen LogP contribution in [-0.2, 0) is 0 Å². The number of pyridine rings is 1. The van der Waals surface area contributed by atoms with Crippen molar-refractivity contribution in [3.05, 3.63) is 57.7 Å². The Balaban J connectivity index is 1.62. The van der Waals surface area contributed by atoms with Crippen molar-refractivity contribution in [3.8, 4) is 0 Å². The van der Waals surface area contributed by atoms with E-state index in [1.165, 1.54) is 12.6 Å². The summed E-state index contributed by atoms with van der Waals surface area (Å²) in [6, 6.07) is 8.62. The number of carbonyl (C=O) groups excluding carboxylic acids is 1. The van der Waals surface area contributed by atoms with E-state index in [0.717, 1.165) is 31.5 Å². The predicted octanol–water partition coefficient (Wildman–Crippen LogP) is 4.16. The molecule has 2 aromatic rings. The number of likely N-dealkylation sites (tertiary alicyclic amines) is 1. The van der Waals surface area contributed by atoms with Crippen molar-refractivity contribution in [2.75, 3.05) is 25.0 Å². The smallest absolute Gasteiger partial charge is 0.255 e. The molecule has 0 spiro atoms. The number of piperidine rings is 1. The van der Waals surface area contributed by atoms with Gasteiger partial charge in [0.1, 0.15) is 5.82 Å². The lowest BCUT2D eigenvalue weighted by Gasteiger charge is -2.26. The zero-order valence-electron chi connectivity index (χ0n) is 14.3. The normalized spacial score (nSPS) is 15.6. The van der Waals surface area contributed by atoms with E-state index in [4.69, 9.17) is 23.2 Å². The molecule has 1 amide bonds. The summed E-state index contributed by atoms with van der Waals surface area (Å²) in [4.78, 5) is 18.6. The van der Waals surface area contributed by atoms with E-state index < -0.39 is 6.10 Å². The van der Waals surface area contributed by atoms with Crippen LogP contribution >= 0.6 is 23.2 Å². The Labute approximate surface area is 162 Å². The molecule has 5 nitrogen and oxygen atoms in total.